The molecule has 23 heavy (non-hydrogen) atoms. The largest absolute Gasteiger partial charge is 0.336 e. The van der Waals surface area contributed by atoms with Crippen molar-refractivity contribution >= 4 is 17.5 Å². The smallest absolute Gasteiger partial charge is 0.274 e. The predicted molar refractivity (Wildman–Crippen MR) is 90.7 cm³/mol. The van der Waals surface area contributed by atoms with Crippen molar-refractivity contribution in [3.8, 4) is 0 Å². The number of unbranched alkanes of at least 4 members (excludes halogenated alkanes) is 1. The summed E-state index contributed by atoms with van der Waals surface area (Å²) in [6.45, 7) is 2.99. The monoisotopic (exact) mass is 333 g/mol. The second kappa shape index (κ2) is 7.92. The molecule has 0 aliphatic rings. The number of benzene rings is 1. The molecule has 0 spiro atoms. The van der Waals surface area contributed by atoms with Gasteiger partial charge in [-0.2, -0.15) is 5.10 Å². The zero-order chi connectivity index (χ0) is 16.8. The average molecular weight is 334 g/mol. The molecule has 0 atom stereocenters. The first-order valence-corrected chi connectivity index (χ1v) is 7.97. The molecule has 1 amide bonds. The van der Waals surface area contributed by atoms with E-state index in [-0.39, 0.29) is 17.2 Å². The number of nitrogens with zero attached hydrogens (tertiary/aromatic N) is 3. The fraction of sp³-hybridized carbons (Fsp3) is 0.353. The molecular weight excluding hydrogens is 314 g/mol. The minimum absolute atomic E-state index is 0.188. The molecule has 0 aliphatic heterocycles. The van der Waals surface area contributed by atoms with Gasteiger partial charge >= 0.3 is 0 Å². The Bertz CT molecular complexity index is 743. The normalized spacial score (nSPS) is 10.6. The Labute approximate surface area is 140 Å². The highest BCUT2D eigenvalue weighted by Crippen LogP contribution is 2.13. The number of hydrogen-bond acceptors (Lipinski definition) is 3. The lowest BCUT2D eigenvalue weighted by molar-refractivity contribution is 0.0776. The number of aryl methyl sites for hydroxylation is 1. The molecule has 2 aromatic rings. The lowest BCUT2D eigenvalue weighted by Gasteiger charge is -2.17. The molecule has 1 aromatic heterocycles. The molecule has 0 unspecified atom stereocenters. The highest BCUT2D eigenvalue weighted by atomic mass is 35.5. The molecule has 5 nitrogen and oxygen atoms in total. The van der Waals surface area contributed by atoms with E-state index in [0.717, 1.165) is 18.4 Å². The van der Waals surface area contributed by atoms with Gasteiger partial charge in [0, 0.05) is 31.2 Å². The molecule has 122 valence electrons. The second-order valence-electron chi connectivity index (χ2n) is 5.42. The first kappa shape index (κ1) is 17.2. The van der Waals surface area contributed by atoms with Crippen molar-refractivity contribution in [1.29, 1.82) is 0 Å². The van der Waals surface area contributed by atoms with Crippen LogP contribution in [-0.2, 0) is 13.1 Å². The van der Waals surface area contributed by atoms with E-state index in [1.165, 1.54) is 16.8 Å². The minimum atomic E-state index is -0.227. The topological polar surface area (TPSA) is 55.2 Å². The van der Waals surface area contributed by atoms with Crippen molar-refractivity contribution in [2.24, 2.45) is 0 Å². The standard InChI is InChI=1S/C17H20ClN3O2/c1-3-4-10-21-16(22)9-8-15(19-21)17(23)20(2)12-13-6-5-7-14(18)11-13/h5-9,11H,3-4,10,12H2,1-2H3. The first-order chi connectivity index (χ1) is 11.0. The molecule has 2 rings (SSSR count). The molecule has 0 saturated heterocycles. The van der Waals surface area contributed by atoms with E-state index in [2.05, 4.69) is 5.10 Å². The first-order valence-electron chi connectivity index (χ1n) is 7.59. The van der Waals surface area contributed by atoms with E-state index in [1.54, 1.807) is 18.0 Å². The van der Waals surface area contributed by atoms with Gasteiger partial charge in [-0.15, -0.1) is 0 Å². The summed E-state index contributed by atoms with van der Waals surface area (Å²) in [5.74, 6) is -0.227. The molecule has 0 radical (unpaired) electrons. The maximum absolute atomic E-state index is 12.5. The van der Waals surface area contributed by atoms with Gasteiger partial charge in [0.2, 0.25) is 0 Å². The number of aromatic nitrogens is 2. The highest BCUT2D eigenvalue weighted by molar-refractivity contribution is 6.30. The van der Waals surface area contributed by atoms with Crippen molar-refractivity contribution in [3.63, 3.8) is 0 Å². The van der Waals surface area contributed by atoms with Crippen LogP contribution in [0.1, 0.15) is 35.8 Å². The number of carbonyl (C=O) groups is 1. The SMILES string of the molecule is CCCCn1nc(C(=O)N(C)Cc2cccc(Cl)c2)ccc1=O. The van der Waals surface area contributed by atoms with Gasteiger partial charge in [0.15, 0.2) is 0 Å². The van der Waals surface area contributed by atoms with Gasteiger partial charge in [0.05, 0.1) is 0 Å². The molecule has 0 bridgehead atoms. The number of rotatable bonds is 6. The predicted octanol–water partition coefficient (Wildman–Crippen LogP) is 2.97. The van der Waals surface area contributed by atoms with Crippen LogP contribution in [0.2, 0.25) is 5.02 Å². The van der Waals surface area contributed by atoms with E-state index in [0.29, 0.717) is 18.1 Å². The fourth-order valence-corrected chi connectivity index (χ4v) is 2.42. The van der Waals surface area contributed by atoms with Gasteiger partial charge in [-0.25, -0.2) is 4.68 Å². The van der Waals surface area contributed by atoms with Gasteiger partial charge in [0.25, 0.3) is 11.5 Å². The molecular formula is C17H20ClN3O2. The quantitative estimate of drug-likeness (QED) is 0.816. The molecule has 0 aliphatic carbocycles. The van der Waals surface area contributed by atoms with Crippen LogP contribution in [-0.4, -0.2) is 27.6 Å². The highest BCUT2D eigenvalue weighted by Gasteiger charge is 2.15. The maximum Gasteiger partial charge on any atom is 0.274 e. The number of carbonyl (C=O) groups excluding carboxylic acids is 1. The zero-order valence-corrected chi connectivity index (χ0v) is 14.1. The molecule has 0 saturated carbocycles. The summed E-state index contributed by atoms with van der Waals surface area (Å²) in [4.78, 5) is 25.8. The van der Waals surface area contributed by atoms with Crippen LogP contribution in [0.15, 0.2) is 41.2 Å². The summed E-state index contributed by atoms with van der Waals surface area (Å²) < 4.78 is 1.35. The summed E-state index contributed by atoms with van der Waals surface area (Å²) >= 11 is 5.96. The fourth-order valence-electron chi connectivity index (χ4n) is 2.21. The van der Waals surface area contributed by atoms with Crippen LogP contribution in [0, 0.1) is 0 Å². The summed E-state index contributed by atoms with van der Waals surface area (Å²) in [6, 6.07) is 10.2. The van der Waals surface area contributed by atoms with Crippen LogP contribution in [0.5, 0.6) is 0 Å². The van der Waals surface area contributed by atoms with Crippen molar-refractivity contribution in [3.05, 3.63) is 63.0 Å². The van der Waals surface area contributed by atoms with E-state index in [9.17, 15) is 9.59 Å². The number of hydrogen-bond donors (Lipinski definition) is 0. The Morgan fingerprint density at radius 3 is 2.78 bits per heavy atom. The van der Waals surface area contributed by atoms with Crippen molar-refractivity contribution in [2.75, 3.05) is 7.05 Å². The van der Waals surface area contributed by atoms with E-state index in [1.807, 2.05) is 25.1 Å². The molecule has 1 aromatic carbocycles. The van der Waals surface area contributed by atoms with Crippen LogP contribution in [0.25, 0.3) is 0 Å². The Balaban J connectivity index is 2.14. The van der Waals surface area contributed by atoms with E-state index < -0.39 is 0 Å². The van der Waals surface area contributed by atoms with Gasteiger partial charge in [-0.3, -0.25) is 9.59 Å². The van der Waals surface area contributed by atoms with Gasteiger partial charge < -0.3 is 4.90 Å². The van der Waals surface area contributed by atoms with Gasteiger partial charge in [-0.1, -0.05) is 37.1 Å². The van der Waals surface area contributed by atoms with E-state index >= 15 is 0 Å². The number of halogens is 1. The zero-order valence-electron chi connectivity index (χ0n) is 13.3. The Kier molecular flexibility index (Phi) is 5.93. The number of amides is 1. The van der Waals surface area contributed by atoms with Crippen LogP contribution in [0.4, 0.5) is 0 Å². The summed E-state index contributed by atoms with van der Waals surface area (Å²) in [6.07, 6.45) is 1.81. The van der Waals surface area contributed by atoms with Crippen LogP contribution in [0.3, 0.4) is 0 Å². The van der Waals surface area contributed by atoms with Crippen molar-refractivity contribution < 1.29 is 4.79 Å². The summed E-state index contributed by atoms with van der Waals surface area (Å²) in [5, 5.41) is 4.81. The molecule has 6 heteroatoms. The third-order valence-electron chi connectivity index (χ3n) is 3.46. The Morgan fingerprint density at radius 2 is 2.09 bits per heavy atom. The Morgan fingerprint density at radius 1 is 1.30 bits per heavy atom. The van der Waals surface area contributed by atoms with Crippen LogP contribution >= 0.6 is 11.6 Å². The lowest BCUT2D eigenvalue weighted by atomic mass is 10.2. The summed E-state index contributed by atoms with van der Waals surface area (Å²) in [7, 11) is 1.70. The molecule has 1 heterocycles. The van der Waals surface area contributed by atoms with Gasteiger partial charge in [0.1, 0.15) is 5.69 Å². The lowest BCUT2D eigenvalue weighted by Crippen LogP contribution is -2.31. The van der Waals surface area contributed by atoms with Crippen molar-refractivity contribution in [1.82, 2.24) is 14.7 Å². The van der Waals surface area contributed by atoms with Crippen molar-refractivity contribution in [2.45, 2.75) is 32.9 Å². The van der Waals surface area contributed by atoms with Gasteiger partial charge in [-0.05, 0) is 30.2 Å². The maximum atomic E-state index is 12.5. The Hall–Kier alpha value is -2.14. The molecule has 0 fully saturated rings. The second-order valence-corrected chi connectivity index (χ2v) is 5.86. The summed E-state index contributed by atoms with van der Waals surface area (Å²) in [5.41, 5.74) is 1.02. The van der Waals surface area contributed by atoms with Crippen LogP contribution < -0.4 is 5.56 Å². The molecule has 0 N–H and O–H groups in total. The third-order valence-corrected chi connectivity index (χ3v) is 3.70. The minimum Gasteiger partial charge on any atom is -0.336 e. The third kappa shape index (κ3) is 4.66. The average Bonchev–Trinajstić information content (AvgIpc) is 2.53. The van der Waals surface area contributed by atoms with E-state index in [4.69, 9.17) is 11.6 Å².